The number of halogens is 1. The smallest absolute Gasteiger partial charge is 0.256 e. The third-order valence-electron chi connectivity index (χ3n) is 6.16. The lowest BCUT2D eigenvalue weighted by molar-refractivity contribution is -0.117. The van der Waals surface area contributed by atoms with Crippen LogP contribution < -0.4 is 20.3 Å². The van der Waals surface area contributed by atoms with Crippen molar-refractivity contribution in [2.75, 3.05) is 50.6 Å². The van der Waals surface area contributed by atoms with Gasteiger partial charge in [-0.2, -0.15) is 9.97 Å². The first-order valence-electron chi connectivity index (χ1n) is 11.0. The number of likely N-dealkylation sites (tertiary alicyclic amines) is 1. The lowest BCUT2D eigenvalue weighted by Crippen LogP contribution is -2.45. The summed E-state index contributed by atoms with van der Waals surface area (Å²) < 4.78 is 23.8. The van der Waals surface area contributed by atoms with Crippen LogP contribution in [0.4, 0.5) is 21.8 Å². The van der Waals surface area contributed by atoms with Crippen LogP contribution in [0, 0.1) is 0 Å². The molecule has 1 amide bonds. The molecule has 13 heteroatoms. The summed E-state index contributed by atoms with van der Waals surface area (Å²) in [7, 11) is 5.46. The second-order valence-electron chi connectivity index (χ2n) is 8.67. The first-order valence-corrected chi connectivity index (χ1v) is 11.0. The Morgan fingerprint density at radius 1 is 1.26 bits per heavy atom. The molecule has 0 unspecified atom stereocenters. The number of rotatable bonds is 7. The van der Waals surface area contributed by atoms with Crippen molar-refractivity contribution in [2.24, 2.45) is 7.05 Å². The molecule has 0 bridgehead atoms. The van der Waals surface area contributed by atoms with E-state index in [4.69, 9.17) is 4.74 Å². The highest BCUT2D eigenvalue weighted by Gasteiger charge is 2.35. The Labute approximate surface area is 195 Å². The molecule has 2 fully saturated rings. The molecule has 2 N–H and O–H groups in total. The SMILES string of the molecule is C=CC(=O)N[C@@H]1CN(c2nc(Nc3cn(C4CN(C)C4)nc3OC)c3ncn(C)c3n2)C[C@H]1F. The number of amides is 1. The lowest BCUT2D eigenvalue weighted by Gasteiger charge is -2.35. The molecule has 2 aliphatic rings. The number of carbonyl (C=O) groups is 1. The number of fused-ring (bicyclic) bond motifs is 1. The molecule has 180 valence electrons. The maximum Gasteiger partial charge on any atom is 0.256 e. The van der Waals surface area contributed by atoms with Gasteiger partial charge in [-0.1, -0.05) is 6.58 Å². The average Bonchev–Trinajstić information content (AvgIpc) is 3.49. The van der Waals surface area contributed by atoms with Crippen LogP contribution in [0.2, 0.25) is 0 Å². The molecule has 0 aliphatic carbocycles. The summed E-state index contributed by atoms with van der Waals surface area (Å²) >= 11 is 0. The standard InChI is InChI=1S/C21H27FN10O2/c1-5-16(33)24-14-9-31(8-13(14)22)21-26-18(17-19(27-21)30(3)11-23-17)25-15-10-32(28-20(15)34-4)12-6-29(2)7-12/h5,10-14H,1,6-9H2,2-4H3,(H,24,33)(H,25,26,27)/t13-,14-/m1/s1. The molecule has 5 rings (SSSR count). The quantitative estimate of drug-likeness (QED) is 0.479. The van der Waals surface area contributed by atoms with Gasteiger partial charge in [0.25, 0.3) is 5.88 Å². The van der Waals surface area contributed by atoms with E-state index in [1.54, 1.807) is 22.9 Å². The minimum absolute atomic E-state index is 0.0569. The third kappa shape index (κ3) is 3.91. The van der Waals surface area contributed by atoms with E-state index in [0.717, 1.165) is 19.2 Å². The van der Waals surface area contributed by atoms with Crippen molar-refractivity contribution in [2.45, 2.75) is 18.3 Å². The zero-order chi connectivity index (χ0) is 24.0. The predicted octanol–water partition coefficient (Wildman–Crippen LogP) is 0.627. The molecule has 0 radical (unpaired) electrons. The Morgan fingerprint density at radius 3 is 2.76 bits per heavy atom. The highest BCUT2D eigenvalue weighted by atomic mass is 19.1. The van der Waals surface area contributed by atoms with Crippen LogP contribution in [0.3, 0.4) is 0 Å². The zero-order valence-electron chi connectivity index (χ0n) is 19.3. The van der Waals surface area contributed by atoms with E-state index in [0.29, 0.717) is 34.5 Å². The van der Waals surface area contributed by atoms with Gasteiger partial charge in [-0.25, -0.2) is 9.37 Å². The van der Waals surface area contributed by atoms with Gasteiger partial charge < -0.3 is 29.7 Å². The highest BCUT2D eigenvalue weighted by Crippen LogP contribution is 2.32. The maximum absolute atomic E-state index is 14.6. The summed E-state index contributed by atoms with van der Waals surface area (Å²) in [5.41, 5.74) is 1.81. The number of ether oxygens (including phenoxy) is 1. The van der Waals surface area contributed by atoms with Crippen LogP contribution in [0.1, 0.15) is 6.04 Å². The van der Waals surface area contributed by atoms with Gasteiger partial charge in [-0.3, -0.25) is 9.48 Å². The first kappa shape index (κ1) is 22.1. The van der Waals surface area contributed by atoms with Gasteiger partial charge in [0.05, 0.1) is 38.3 Å². The van der Waals surface area contributed by atoms with Crippen molar-refractivity contribution in [3.05, 3.63) is 25.2 Å². The van der Waals surface area contributed by atoms with Crippen LogP contribution in [-0.4, -0.2) is 92.7 Å². The number of carbonyl (C=O) groups excluding carboxylic acids is 1. The number of likely N-dealkylation sites (N-methyl/N-ethyl adjacent to an activating group) is 1. The second-order valence-corrected chi connectivity index (χ2v) is 8.67. The van der Waals surface area contributed by atoms with E-state index >= 15 is 0 Å². The zero-order valence-corrected chi connectivity index (χ0v) is 19.3. The molecule has 5 heterocycles. The number of hydrogen-bond acceptors (Lipinski definition) is 9. The maximum atomic E-state index is 14.6. The van der Waals surface area contributed by atoms with Crippen molar-refractivity contribution >= 4 is 34.5 Å². The van der Waals surface area contributed by atoms with Crippen LogP contribution in [-0.2, 0) is 11.8 Å². The number of aromatic nitrogens is 6. The number of nitrogens with one attached hydrogen (secondary N) is 2. The Hall–Kier alpha value is -3.74. The Kier molecular flexibility index (Phi) is 5.55. The van der Waals surface area contributed by atoms with Crippen molar-refractivity contribution in [3.8, 4) is 5.88 Å². The summed E-state index contributed by atoms with van der Waals surface area (Å²) in [5, 5.41) is 10.5. The van der Waals surface area contributed by atoms with Crippen LogP contribution in [0.15, 0.2) is 25.2 Å². The summed E-state index contributed by atoms with van der Waals surface area (Å²) in [6.45, 7) is 5.54. The molecule has 34 heavy (non-hydrogen) atoms. The van der Waals surface area contributed by atoms with Crippen molar-refractivity contribution in [3.63, 3.8) is 0 Å². The molecule has 0 aromatic carbocycles. The van der Waals surface area contributed by atoms with E-state index in [1.807, 2.05) is 17.9 Å². The number of aryl methyl sites for hydroxylation is 1. The van der Waals surface area contributed by atoms with Crippen LogP contribution in [0.25, 0.3) is 11.2 Å². The number of nitrogens with zero attached hydrogens (tertiary/aromatic N) is 8. The average molecular weight is 471 g/mol. The minimum Gasteiger partial charge on any atom is -0.478 e. The summed E-state index contributed by atoms with van der Waals surface area (Å²) in [4.78, 5) is 29.3. The topological polar surface area (TPSA) is 118 Å². The van der Waals surface area contributed by atoms with E-state index < -0.39 is 18.1 Å². The Bertz CT molecular complexity index is 1230. The van der Waals surface area contributed by atoms with Gasteiger partial charge in [0.2, 0.25) is 11.9 Å². The van der Waals surface area contributed by atoms with Crippen LogP contribution in [0.5, 0.6) is 5.88 Å². The molecular weight excluding hydrogens is 443 g/mol. The number of methoxy groups -OCH3 is 1. The van der Waals surface area contributed by atoms with Gasteiger partial charge in [-0.15, -0.1) is 5.10 Å². The van der Waals surface area contributed by atoms with Gasteiger partial charge in [0, 0.05) is 26.7 Å². The number of imidazole rings is 1. The molecule has 3 aromatic rings. The molecular formula is C21H27FN10O2. The summed E-state index contributed by atoms with van der Waals surface area (Å²) in [5.74, 6) is 0.819. The first-order chi connectivity index (χ1) is 16.4. The van der Waals surface area contributed by atoms with Crippen molar-refractivity contribution in [1.29, 1.82) is 0 Å². The van der Waals surface area contributed by atoms with Crippen molar-refractivity contribution < 1.29 is 13.9 Å². The molecule has 2 atom stereocenters. The van der Waals surface area contributed by atoms with Crippen molar-refractivity contribution in [1.82, 2.24) is 39.5 Å². The molecule has 0 saturated carbocycles. The monoisotopic (exact) mass is 470 g/mol. The molecule has 3 aromatic heterocycles. The van der Waals surface area contributed by atoms with Gasteiger partial charge in [0.15, 0.2) is 17.0 Å². The third-order valence-corrected chi connectivity index (χ3v) is 6.16. The van der Waals surface area contributed by atoms with Gasteiger partial charge in [-0.05, 0) is 13.1 Å². The molecule has 2 aliphatic heterocycles. The fourth-order valence-corrected chi connectivity index (χ4v) is 4.29. The summed E-state index contributed by atoms with van der Waals surface area (Å²) in [6, 6.07) is -0.397. The number of hydrogen-bond donors (Lipinski definition) is 2. The number of anilines is 3. The fourth-order valence-electron chi connectivity index (χ4n) is 4.29. The fraction of sp³-hybridized carbons (Fsp3) is 0.476. The van der Waals surface area contributed by atoms with E-state index in [2.05, 4.69) is 49.2 Å². The van der Waals surface area contributed by atoms with Gasteiger partial charge >= 0.3 is 0 Å². The Balaban J connectivity index is 1.46. The summed E-state index contributed by atoms with van der Waals surface area (Å²) in [6.07, 6.45) is 3.41. The Morgan fingerprint density at radius 2 is 2.06 bits per heavy atom. The normalized spacial score (nSPS) is 21.0. The van der Waals surface area contributed by atoms with E-state index in [1.165, 1.54) is 0 Å². The van der Waals surface area contributed by atoms with E-state index in [-0.39, 0.29) is 19.1 Å². The largest absolute Gasteiger partial charge is 0.478 e. The predicted molar refractivity (Wildman–Crippen MR) is 124 cm³/mol. The second kappa shape index (κ2) is 8.56. The lowest BCUT2D eigenvalue weighted by atomic mass is 10.1. The molecule has 2 saturated heterocycles. The van der Waals surface area contributed by atoms with Crippen LogP contribution >= 0.6 is 0 Å². The molecule has 0 spiro atoms. The highest BCUT2D eigenvalue weighted by molar-refractivity contribution is 5.88. The van der Waals surface area contributed by atoms with Gasteiger partial charge in [0.1, 0.15) is 11.9 Å². The number of alkyl halides is 1. The minimum atomic E-state index is -1.26. The van der Waals surface area contributed by atoms with E-state index in [9.17, 15) is 9.18 Å². The molecule has 12 nitrogen and oxygen atoms in total.